The lowest BCUT2D eigenvalue weighted by molar-refractivity contribution is -0.148. The zero-order valence-corrected chi connectivity index (χ0v) is 12.7. The van der Waals surface area contributed by atoms with Gasteiger partial charge in [-0.1, -0.05) is 43.7 Å². The quantitative estimate of drug-likeness (QED) is 0.892. The third-order valence-corrected chi connectivity index (χ3v) is 4.80. The van der Waals surface area contributed by atoms with E-state index < -0.39 is 11.4 Å². The number of benzene rings is 1. The number of carbonyl (C=O) groups is 1. The third-order valence-electron chi connectivity index (χ3n) is 4.80. The molecular formula is C17H25NO2. The molecule has 3 nitrogen and oxygen atoms in total. The molecule has 20 heavy (non-hydrogen) atoms. The molecule has 1 aliphatic rings. The Morgan fingerprint density at radius 1 is 1.35 bits per heavy atom. The molecule has 0 aromatic heterocycles. The van der Waals surface area contributed by atoms with Gasteiger partial charge in [0.15, 0.2) is 0 Å². The molecule has 0 bridgehead atoms. The number of aryl methyl sites for hydroxylation is 1. The van der Waals surface area contributed by atoms with Crippen molar-refractivity contribution < 1.29 is 9.90 Å². The van der Waals surface area contributed by atoms with Crippen LogP contribution in [-0.2, 0) is 4.79 Å². The van der Waals surface area contributed by atoms with E-state index in [1.165, 1.54) is 11.1 Å². The molecule has 1 N–H and O–H groups in total. The molecular weight excluding hydrogens is 250 g/mol. The van der Waals surface area contributed by atoms with Crippen molar-refractivity contribution in [3.8, 4) is 0 Å². The Balaban J connectivity index is 2.18. The van der Waals surface area contributed by atoms with E-state index in [1.54, 1.807) is 0 Å². The first-order chi connectivity index (χ1) is 9.52. The minimum atomic E-state index is -0.638. The van der Waals surface area contributed by atoms with Gasteiger partial charge >= 0.3 is 5.97 Å². The number of nitrogens with zero attached hydrogens (tertiary/aromatic N) is 1. The number of aliphatic carboxylic acids is 1. The zero-order chi connectivity index (χ0) is 14.8. The number of carboxylic acid groups (broad SMARTS) is 1. The first-order valence-corrected chi connectivity index (χ1v) is 7.56. The first-order valence-electron chi connectivity index (χ1n) is 7.56. The van der Waals surface area contributed by atoms with Crippen molar-refractivity contribution in [2.45, 2.75) is 46.1 Å². The SMILES string of the molecule is CCC(c1ccc(C)cc1)N1CCC(CC)(C(=O)O)C1. The van der Waals surface area contributed by atoms with Gasteiger partial charge in [-0.3, -0.25) is 9.69 Å². The zero-order valence-electron chi connectivity index (χ0n) is 12.7. The number of hydrogen-bond acceptors (Lipinski definition) is 2. The lowest BCUT2D eigenvalue weighted by Crippen LogP contribution is -2.35. The van der Waals surface area contributed by atoms with Crippen LogP contribution in [0.15, 0.2) is 24.3 Å². The van der Waals surface area contributed by atoms with Gasteiger partial charge in [-0.2, -0.15) is 0 Å². The summed E-state index contributed by atoms with van der Waals surface area (Å²) in [7, 11) is 0. The van der Waals surface area contributed by atoms with Crippen molar-refractivity contribution in [1.29, 1.82) is 0 Å². The molecule has 1 heterocycles. The largest absolute Gasteiger partial charge is 0.481 e. The van der Waals surface area contributed by atoms with E-state index in [9.17, 15) is 9.90 Å². The molecule has 2 unspecified atom stereocenters. The van der Waals surface area contributed by atoms with Gasteiger partial charge in [0.25, 0.3) is 0 Å². The van der Waals surface area contributed by atoms with Gasteiger partial charge in [-0.25, -0.2) is 0 Å². The number of carboxylic acids is 1. The summed E-state index contributed by atoms with van der Waals surface area (Å²) in [6.45, 7) is 7.81. The van der Waals surface area contributed by atoms with Gasteiger partial charge in [0.1, 0.15) is 0 Å². The van der Waals surface area contributed by atoms with Crippen LogP contribution in [0.5, 0.6) is 0 Å². The van der Waals surface area contributed by atoms with E-state index >= 15 is 0 Å². The number of hydrogen-bond donors (Lipinski definition) is 1. The van der Waals surface area contributed by atoms with Crippen molar-refractivity contribution in [3.63, 3.8) is 0 Å². The smallest absolute Gasteiger partial charge is 0.310 e. The molecule has 1 aliphatic heterocycles. The van der Waals surface area contributed by atoms with Gasteiger partial charge in [0.05, 0.1) is 5.41 Å². The lowest BCUT2D eigenvalue weighted by atomic mass is 9.84. The van der Waals surface area contributed by atoms with Crippen LogP contribution >= 0.6 is 0 Å². The number of rotatable bonds is 5. The second-order valence-electron chi connectivity index (χ2n) is 5.99. The maximum atomic E-state index is 11.6. The summed E-state index contributed by atoms with van der Waals surface area (Å²) in [5.74, 6) is -0.638. The molecule has 0 radical (unpaired) electrons. The van der Waals surface area contributed by atoms with Crippen LogP contribution in [0.25, 0.3) is 0 Å². The van der Waals surface area contributed by atoms with Gasteiger partial charge in [0.2, 0.25) is 0 Å². The van der Waals surface area contributed by atoms with Crippen LogP contribution < -0.4 is 0 Å². The molecule has 1 aromatic carbocycles. The average molecular weight is 275 g/mol. The van der Waals surface area contributed by atoms with Gasteiger partial charge in [-0.05, 0) is 38.3 Å². The van der Waals surface area contributed by atoms with Crippen molar-refractivity contribution in [2.75, 3.05) is 13.1 Å². The molecule has 0 spiro atoms. The van der Waals surface area contributed by atoms with E-state index in [2.05, 4.69) is 43.0 Å². The van der Waals surface area contributed by atoms with E-state index in [4.69, 9.17) is 0 Å². The Bertz CT molecular complexity index is 468. The number of likely N-dealkylation sites (tertiary alicyclic amines) is 1. The van der Waals surface area contributed by atoms with Crippen LogP contribution in [0, 0.1) is 12.3 Å². The fourth-order valence-corrected chi connectivity index (χ4v) is 3.28. The fourth-order valence-electron chi connectivity index (χ4n) is 3.28. The monoisotopic (exact) mass is 275 g/mol. The van der Waals surface area contributed by atoms with Gasteiger partial charge in [-0.15, -0.1) is 0 Å². The first kappa shape index (κ1) is 15.0. The molecule has 1 aromatic rings. The highest BCUT2D eigenvalue weighted by molar-refractivity contribution is 5.75. The standard InChI is InChI=1S/C17H25NO2/c1-4-15(14-8-6-13(3)7-9-14)18-11-10-17(5-2,12-18)16(19)20/h6-9,15H,4-5,10-12H2,1-3H3,(H,19,20). The van der Waals surface area contributed by atoms with Crippen LogP contribution in [-0.4, -0.2) is 29.1 Å². The second-order valence-corrected chi connectivity index (χ2v) is 5.99. The minimum Gasteiger partial charge on any atom is -0.481 e. The highest BCUT2D eigenvalue weighted by Gasteiger charge is 2.44. The Kier molecular flexibility index (Phi) is 4.48. The summed E-state index contributed by atoms with van der Waals surface area (Å²) >= 11 is 0. The molecule has 1 fully saturated rings. The van der Waals surface area contributed by atoms with Crippen molar-refractivity contribution >= 4 is 5.97 Å². The Morgan fingerprint density at radius 2 is 2.00 bits per heavy atom. The molecule has 2 rings (SSSR count). The topological polar surface area (TPSA) is 40.5 Å². The summed E-state index contributed by atoms with van der Waals surface area (Å²) in [5, 5.41) is 9.52. The molecule has 0 amide bonds. The summed E-state index contributed by atoms with van der Waals surface area (Å²) in [5.41, 5.74) is 2.02. The third kappa shape index (κ3) is 2.73. The Labute approximate surface area is 121 Å². The van der Waals surface area contributed by atoms with E-state index in [1.807, 2.05) is 6.92 Å². The van der Waals surface area contributed by atoms with Crippen molar-refractivity contribution in [1.82, 2.24) is 4.90 Å². The Morgan fingerprint density at radius 3 is 2.45 bits per heavy atom. The van der Waals surface area contributed by atoms with Crippen molar-refractivity contribution in [3.05, 3.63) is 35.4 Å². The normalized spacial score (nSPS) is 24.8. The second kappa shape index (κ2) is 5.96. The fraction of sp³-hybridized carbons (Fsp3) is 0.588. The average Bonchev–Trinajstić information content (AvgIpc) is 2.87. The van der Waals surface area contributed by atoms with Crippen LogP contribution in [0.1, 0.15) is 50.3 Å². The van der Waals surface area contributed by atoms with Crippen LogP contribution in [0.3, 0.4) is 0 Å². The summed E-state index contributed by atoms with van der Waals surface area (Å²) in [4.78, 5) is 13.9. The van der Waals surface area contributed by atoms with Crippen molar-refractivity contribution in [2.24, 2.45) is 5.41 Å². The molecule has 0 saturated carbocycles. The minimum absolute atomic E-state index is 0.336. The maximum absolute atomic E-state index is 11.6. The Hall–Kier alpha value is -1.35. The molecule has 110 valence electrons. The summed E-state index contributed by atoms with van der Waals surface area (Å²) in [6, 6.07) is 8.96. The summed E-state index contributed by atoms with van der Waals surface area (Å²) < 4.78 is 0. The highest BCUT2D eigenvalue weighted by Crippen LogP contribution is 2.39. The van der Waals surface area contributed by atoms with Crippen LogP contribution in [0.2, 0.25) is 0 Å². The molecule has 0 aliphatic carbocycles. The molecule has 1 saturated heterocycles. The lowest BCUT2D eigenvalue weighted by Gasteiger charge is -2.29. The van der Waals surface area contributed by atoms with Crippen LogP contribution in [0.4, 0.5) is 0 Å². The molecule has 2 atom stereocenters. The maximum Gasteiger partial charge on any atom is 0.310 e. The summed E-state index contributed by atoms with van der Waals surface area (Å²) in [6.07, 6.45) is 2.49. The van der Waals surface area contributed by atoms with Gasteiger partial charge in [0, 0.05) is 12.6 Å². The van der Waals surface area contributed by atoms with Gasteiger partial charge < -0.3 is 5.11 Å². The predicted molar refractivity (Wildman–Crippen MR) is 80.8 cm³/mol. The van der Waals surface area contributed by atoms with E-state index in [0.29, 0.717) is 19.0 Å². The predicted octanol–water partition coefficient (Wildman–Crippen LogP) is 3.63. The van der Waals surface area contributed by atoms with E-state index in [-0.39, 0.29) is 0 Å². The highest BCUT2D eigenvalue weighted by atomic mass is 16.4. The van der Waals surface area contributed by atoms with E-state index in [0.717, 1.165) is 19.4 Å². The molecule has 3 heteroatoms.